The van der Waals surface area contributed by atoms with Crippen molar-refractivity contribution < 1.29 is 4.79 Å². The van der Waals surface area contributed by atoms with Crippen molar-refractivity contribution >= 4 is 5.78 Å². The van der Waals surface area contributed by atoms with Crippen molar-refractivity contribution in [2.75, 3.05) is 0 Å². The summed E-state index contributed by atoms with van der Waals surface area (Å²) >= 11 is 0. The van der Waals surface area contributed by atoms with Gasteiger partial charge in [0.2, 0.25) is 0 Å². The lowest BCUT2D eigenvalue weighted by Crippen LogP contribution is -2.23. The summed E-state index contributed by atoms with van der Waals surface area (Å²) in [4.78, 5) is 12.2. The average molecular weight is 352 g/mol. The number of rotatable bonds is 8. The smallest absolute Gasteiger partial charge is 0.152 e. The summed E-state index contributed by atoms with van der Waals surface area (Å²) in [6, 6.07) is 8.37. The molecular formula is C19H24N6O. The van der Waals surface area contributed by atoms with E-state index in [1.807, 2.05) is 19.4 Å². The highest BCUT2D eigenvalue weighted by Crippen LogP contribution is 2.31. The molecule has 7 heteroatoms. The number of nitrogens with zero attached hydrogens (tertiary/aromatic N) is 5. The van der Waals surface area contributed by atoms with Gasteiger partial charge < -0.3 is 0 Å². The number of tetrazole rings is 1. The zero-order chi connectivity index (χ0) is 18.5. The van der Waals surface area contributed by atoms with Crippen molar-refractivity contribution in [3.05, 3.63) is 48.0 Å². The molecule has 0 fully saturated rings. The number of hydrogen-bond acceptors (Lipinski definition) is 5. The molecule has 26 heavy (non-hydrogen) atoms. The number of nitrogens with one attached hydrogen (secondary N) is 1. The van der Waals surface area contributed by atoms with E-state index in [2.05, 4.69) is 56.9 Å². The first kappa shape index (κ1) is 18.0. The van der Waals surface area contributed by atoms with Crippen LogP contribution in [0.2, 0.25) is 0 Å². The maximum Gasteiger partial charge on any atom is 0.152 e. The van der Waals surface area contributed by atoms with Gasteiger partial charge in [0.15, 0.2) is 5.82 Å². The van der Waals surface area contributed by atoms with Crippen LogP contribution in [0.15, 0.2) is 36.7 Å². The highest BCUT2D eigenvalue weighted by atomic mass is 16.1. The molecule has 136 valence electrons. The predicted octanol–water partition coefficient (Wildman–Crippen LogP) is 2.93. The zero-order valence-electron chi connectivity index (χ0n) is 15.4. The second-order valence-corrected chi connectivity index (χ2v) is 6.70. The number of carbonyl (C=O) groups is 1. The summed E-state index contributed by atoms with van der Waals surface area (Å²) in [5.41, 5.74) is 3.36. The Bertz CT molecular complexity index is 837. The molecule has 1 aromatic carbocycles. The number of aryl methyl sites for hydroxylation is 1. The second-order valence-electron chi connectivity index (χ2n) is 6.70. The van der Waals surface area contributed by atoms with Crippen molar-refractivity contribution in [3.8, 4) is 11.1 Å². The van der Waals surface area contributed by atoms with Crippen LogP contribution in [-0.4, -0.2) is 36.2 Å². The molecule has 0 radical (unpaired) electrons. The monoisotopic (exact) mass is 352 g/mol. The fourth-order valence-electron chi connectivity index (χ4n) is 3.41. The van der Waals surface area contributed by atoms with Gasteiger partial charge in [-0.2, -0.15) is 5.10 Å². The van der Waals surface area contributed by atoms with E-state index in [9.17, 15) is 4.79 Å². The Morgan fingerprint density at radius 3 is 2.54 bits per heavy atom. The molecule has 2 heterocycles. The quantitative estimate of drug-likeness (QED) is 0.673. The summed E-state index contributed by atoms with van der Waals surface area (Å²) in [6.45, 7) is 3.75. The van der Waals surface area contributed by atoms with Crippen LogP contribution in [-0.2, 0) is 18.3 Å². The minimum atomic E-state index is -0.0900. The molecule has 0 spiro atoms. The number of aromatic nitrogens is 6. The van der Waals surface area contributed by atoms with Gasteiger partial charge in [0.25, 0.3) is 0 Å². The summed E-state index contributed by atoms with van der Waals surface area (Å²) < 4.78 is 1.79. The summed E-state index contributed by atoms with van der Waals surface area (Å²) in [5, 5.41) is 18.6. The molecule has 3 rings (SSSR count). The number of ketones is 1. The number of aromatic amines is 1. The van der Waals surface area contributed by atoms with Gasteiger partial charge >= 0.3 is 0 Å². The van der Waals surface area contributed by atoms with Crippen LogP contribution in [0.3, 0.4) is 0 Å². The van der Waals surface area contributed by atoms with E-state index in [0.29, 0.717) is 12.2 Å². The Hall–Kier alpha value is -2.83. The van der Waals surface area contributed by atoms with Gasteiger partial charge in [0, 0.05) is 30.6 Å². The highest BCUT2D eigenvalue weighted by Gasteiger charge is 2.29. The Balaban J connectivity index is 1.83. The highest BCUT2D eigenvalue weighted by molar-refractivity contribution is 5.79. The maximum atomic E-state index is 12.2. The lowest BCUT2D eigenvalue weighted by atomic mass is 9.81. The fourth-order valence-corrected chi connectivity index (χ4v) is 3.41. The van der Waals surface area contributed by atoms with Crippen molar-refractivity contribution in [2.45, 2.75) is 39.0 Å². The van der Waals surface area contributed by atoms with Crippen LogP contribution < -0.4 is 0 Å². The fraction of sp³-hybridized carbons (Fsp3) is 0.421. The molecule has 0 amide bonds. The van der Waals surface area contributed by atoms with Crippen LogP contribution in [0.4, 0.5) is 0 Å². The molecule has 0 aliphatic heterocycles. The molecule has 1 N–H and O–H groups in total. The molecule has 2 aromatic heterocycles. The van der Waals surface area contributed by atoms with E-state index >= 15 is 0 Å². The second kappa shape index (κ2) is 8.03. The molecule has 7 nitrogen and oxygen atoms in total. The average Bonchev–Trinajstić information content (AvgIpc) is 3.30. The van der Waals surface area contributed by atoms with Crippen molar-refractivity contribution in [3.63, 3.8) is 0 Å². The number of carbonyl (C=O) groups excluding carboxylic acids is 1. The van der Waals surface area contributed by atoms with Crippen LogP contribution in [0.1, 0.15) is 44.0 Å². The molecule has 3 aromatic rings. The third-order valence-corrected chi connectivity index (χ3v) is 4.77. The first-order valence-corrected chi connectivity index (χ1v) is 8.90. The van der Waals surface area contributed by atoms with E-state index < -0.39 is 0 Å². The summed E-state index contributed by atoms with van der Waals surface area (Å²) in [6.07, 6.45) is 6.33. The van der Waals surface area contributed by atoms with Crippen LogP contribution in [0.25, 0.3) is 11.1 Å². The van der Waals surface area contributed by atoms with E-state index in [-0.39, 0.29) is 17.6 Å². The lowest BCUT2D eigenvalue weighted by Gasteiger charge is -2.22. The van der Waals surface area contributed by atoms with Gasteiger partial charge in [0.1, 0.15) is 5.78 Å². The first-order valence-electron chi connectivity index (χ1n) is 8.90. The molecule has 0 aliphatic rings. The predicted molar refractivity (Wildman–Crippen MR) is 98.3 cm³/mol. The van der Waals surface area contributed by atoms with Gasteiger partial charge in [-0.25, -0.2) is 5.10 Å². The molecule has 2 atom stereocenters. The van der Waals surface area contributed by atoms with Gasteiger partial charge in [-0.3, -0.25) is 9.48 Å². The molecule has 0 aliphatic carbocycles. The third-order valence-electron chi connectivity index (χ3n) is 4.77. The number of hydrogen-bond donors (Lipinski definition) is 1. The Morgan fingerprint density at radius 1 is 1.23 bits per heavy atom. The minimum Gasteiger partial charge on any atom is -0.300 e. The van der Waals surface area contributed by atoms with Gasteiger partial charge in [-0.05, 0) is 41.3 Å². The minimum absolute atomic E-state index is 0.0494. The molecule has 0 saturated heterocycles. The Kier molecular flexibility index (Phi) is 5.55. The van der Waals surface area contributed by atoms with Crippen LogP contribution in [0.5, 0.6) is 0 Å². The largest absolute Gasteiger partial charge is 0.300 e. The van der Waals surface area contributed by atoms with Gasteiger partial charge in [-0.15, -0.1) is 5.10 Å². The molecular weight excluding hydrogens is 328 g/mol. The summed E-state index contributed by atoms with van der Waals surface area (Å²) in [7, 11) is 1.91. The van der Waals surface area contributed by atoms with Crippen molar-refractivity contribution in [1.82, 2.24) is 30.4 Å². The zero-order valence-corrected chi connectivity index (χ0v) is 15.4. The van der Waals surface area contributed by atoms with Gasteiger partial charge in [0.05, 0.1) is 6.20 Å². The van der Waals surface area contributed by atoms with Crippen molar-refractivity contribution in [2.24, 2.45) is 13.0 Å². The SMILES string of the molecule is CCC[C@H](C(C)=O)[C@H](Cc1ccc(-c2cnn(C)c2)cc1)c1nnn[nH]1. The summed E-state index contributed by atoms with van der Waals surface area (Å²) in [5.74, 6) is 0.717. The normalized spacial score (nSPS) is 13.5. The molecule has 0 unspecified atom stereocenters. The van der Waals surface area contributed by atoms with E-state index in [4.69, 9.17) is 0 Å². The maximum absolute atomic E-state index is 12.2. The topological polar surface area (TPSA) is 89.3 Å². The third kappa shape index (κ3) is 4.04. The Labute approximate surface area is 152 Å². The number of H-pyrrole nitrogens is 1. The number of benzene rings is 1. The van der Waals surface area contributed by atoms with E-state index in [0.717, 1.165) is 29.5 Å². The van der Waals surface area contributed by atoms with Crippen LogP contribution in [0, 0.1) is 5.92 Å². The van der Waals surface area contributed by atoms with E-state index in [1.165, 1.54) is 0 Å². The standard InChI is InChI=1S/C19H24N6O/c1-4-5-17(13(2)26)18(19-21-23-24-22-19)10-14-6-8-15(9-7-14)16-11-20-25(3)12-16/h6-9,11-12,17-18H,4-5,10H2,1-3H3,(H,21,22,23,24)/t17-,18+/m1/s1. The number of Topliss-reactive ketones (excluding diaryl/α,β-unsaturated/α-hetero) is 1. The Morgan fingerprint density at radius 2 is 2.00 bits per heavy atom. The van der Waals surface area contributed by atoms with Crippen molar-refractivity contribution in [1.29, 1.82) is 0 Å². The first-order chi connectivity index (χ1) is 12.6. The lowest BCUT2D eigenvalue weighted by molar-refractivity contribution is -0.121. The molecule has 0 saturated carbocycles. The van der Waals surface area contributed by atoms with Gasteiger partial charge in [-0.1, -0.05) is 37.6 Å². The molecule has 0 bridgehead atoms. The van der Waals surface area contributed by atoms with Crippen LogP contribution >= 0.6 is 0 Å². The van der Waals surface area contributed by atoms with E-state index in [1.54, 1.807) is 11.6 Å².